The molecule has 1 aromatic rings. The zero-order valence-electron chi connectivity index (χ0n) is 12.7. The highest BCUT2D eigenvalue weighted by atomic mass is 15.1. The number of hydrogen-bond acceptors (Lipinski definition) is 2. The Morgan fingerprint density at radius 1 is 1.21 bits per heavy atom. The maximum absolute atomic E-state index is 3.70. The lowest BCUT2D eigenvalue weighted by Gasteiger charge is -2.19. The first-order valence-electron chi connectivity index (χ1n) is 7.79. The van der Waals surface area contributed by atoms with Crippen molar-refractivity contribution in [2.24, 2.45) is 5.92 Å². The van der Waals surface area contributed by atoms with Crippen molar-refractivity contribution in [3.63, 3.8) is 0 Å². The topological polar surface area (TPSA) is 15.3 Å². The second-order valence-electron chi connectivity index (χ2n) is 5.92. The van der Waals surface area contributed by atoms with Gasteiger partial charge in [-0.3, -0.25) is 4.90 Å². The van der Waals surface area contributed by atoms with Crippen LogP contribution in [-0.4, -0.2) is 24.0 Å². The van der Waals surface area contributed by atoms with E-state index in [0.717, 1.165) is 25.6 Å². The van der Waals surface area contributed by atoms with Crippen LogP contribution in [0.2, 0.25) is 0 Å². The summed E-state index contributed by atoms with van der Waals surface area (Å²) in [5.41, 5.74) is 2.71. The first-order chi connectivity index (χ1) is 9.21. The molecule has 106 valence electrons. The Morgan fingerprint density at radius 2 is 2.00 bits per heavy atom. The molecule has 0 aromatic heterocycles. The standard InChI is InChI=1S/C17H28N2/c1-4-19(5-2)13-15-7-6-8-16(12-15)18-17-10-9-14(3)11-17/h6-8,12,14,17-18H,4-5,9-11,13H2,1-3H3. The van der Waals surface area contributed by atoms with Crippen molar-refractivity contribution in [3.8, 4) is 0 Å². The molecule has 1 saturated carbocycles. The average Bonchev–Trinajstić information content (AvgIpc) is 2.82. The molecule has 0 bridgehead atoms. The van der Waals surface area contributed by atoms with Crippen molar-refractivity contribution >= 4 is 5.69 Å². The smallest absolute Gasteiger partial charge is 0.0345 e. The lowest BCUT2D eigenvalue weighted by Crippen LogP contribution is -2.22. The predicted octanol–water partition coefficient (Wildman–Crippen LogP) is 4.13. The molecule has 1 aliphatic carbocycles. The Morgan fingerprint density at radius 3 is 2.63 bits per heavy atom. The van der Waals surface area contributed by atoms with Crippen molar-refractivity contribution in [1.82, 2.24) is 4.90 Å². The summed E-state index contributed by atoms with van der Waals surface area (Å²) in [5, 5.41) is 3.70. The van der Waals surface area contributed by atoms with Crippen LogP contribution < -0.4 is 5.32 Å². The summed E-state index contributed by atoms with van der Waals surface area (Å²) in [7, 11) is 0. The molecule has 0 radical (unpaired) electrons. The number of nitrogens with zero attached hydrogens (tertiary/aromatic N) is 1. The van der Waals surface area contributed by atoms with Crippen molar-refractivity contribution in [3.05, 3.63) is 29.8 Å². The number of anilines is 1. The van der Waals surface area contributed by atoms with Crippen LogP contribution in [0.5, 0.6) is 0 Å². The lowest BCUT2D eigenvalue weighted by atomic mass is 10.1. The van der Waals surface area contributed by atoms with Gasteiger partial charge in [-0.15, -0.1) is 0 Å². The van der Waals surface area contributed by atoms with Crippen LogP contribution in [0.1, 0.15) is 45.6 Å². The quantitative estimate of drug-likeness (QED) is 0.827. The highest BCUT2D eigenvalue weighted by Gasteiger charge is 2.20. The largest absolute Gasteiger partial charge is 0.382 e. The van der Waals surface area contributed by atoms with Crippen molar-refractivity contribution in [2.45, 2.75) is 52.6 Å². The minimum atomic E-state index is 0.679. The Labute approximate surface area is 118 Å². The fraction of sp³-hybridized carbons (Fsp3) is 0.647. The van der Waals surface area contributed by atoms with Gasteiger partial charge in [0, 0.05) is 18.3 Å². The summed E-state index contributed by atoms with van der Waals surface area (Å²) >= 11 is 0. The van der Waals surface area contributed by atoms with Crippen LogP contribution in [0.3, 0.4) is 0 Å². The first kappa shape index (κ1) is 14.4. The van der Waals surface area contributed by atoms with Gasteiger partial charge in [-0.25, -0.2) is 0 Å². The zero-order chi connectivity index (χ0) is 13.7. The van der Waals surface area contributed by atoms with Gasteiger partial charge in [0.2, 0.25) is 0 Å². The van der Waals surface area contributed by atoms with E-state index < -0.39 is 0 Å². The van der Waals surface area contributed by atoms with Gasteiger partial charge in [0.1, 0.15) is 0 Å². The van der Waals surface area contributed by atoms with Gasteiger partial charge < -0.3 is 5.32 Å². The molecular weight excluding hydrogens is 232 g/mol. The number of nitrogens with one attached hydrogen (secondary N) is 1. The lowest BCUT2D eigenvalue weighted by molar-refractivity contribution is 0.296. The van der Waals surface area contributed by atoms with E-state index in [1.807, 2.05) is 0 Å². The van der Waals surface area contributed by atoms with E-state index in [1.54, 1.807) is 0 Å². The summed E-state index contributed by atoms with van der Waals surface area (Å²) in [5.74, 6) is 0.886. The Hall–Kier alpha value is -1.02. The molecule has 1 N–H and O–H groups in total. The number of hydrogen-bond donors (Lipinski definition) is 1. The second kappa shape index (κ2) is 6.95. The Bertz CT molecular complexity index is 385. The highest BCUT2D eigenvalue weighted by molar-refractivity contribution is 5.46. The van der Waals surface area contributed by atoms with E-state index in [4.69, 9.17) is 0 Å². The van der Waals surface area contributed by atoms with Crippen molar-refractivity contribution in [1.29, 1.82) is 0 Å². The summed E-state index contributed by atoms with van der Waals surface area (Å²) < 4.78 is 0. The van der Waals surface area contributed by atoms with Gasteiger partial charge in [0.15, 0.2) is 0 Å². The number of benzene rings is 1. The van der Waals surface area contributed by atoms with Crippen molar-refractivity contribution in [2.75, 3.05) is 18.4 Å². The fourth-order valence-electron chi connectivity index (χ4n) is 3.04. The number of rotatable bonds is 6. The van der Waals surface area contributed by atoms with Crippen LogP contribution >= 0.6 is 0 Å². The third kappa shape index (κ3) is 4.24. The SMILES string of the molecule is CCN(CC)Cc1cccc(NC2CCC(C)C2)c1. The van der Waals surface area contributed by atoms with E-state index in [1.165, 1.54) is 30.5 Å². The molecule has 1 fully saturated rings. The van der Waals surface area contributed by atoms with Crippen LogP contribution in [0.4, 0.5) is 5.69 Å². The highest BCUT2D eigenvalue weighted by Crippen LogP contribution is 2.27. The molecule has 2 unspecified atom stereocenters. The molecule has 2 atom stereocenters. The third-order valence-corrected chi connectivity index (χ3v) is 4.29. The molecule has 2 rings (SSSR count). The maximum atomic E-state index is 3.70. The molecule has 0 amide bonds. The van der Waals surface area contributed by atoms with Crippen LogP contribution in [0.25, 0.3) is 0 Å². The van der Waals surface area contributed by atoms with Gasteiger partial charge in [-0.05, 0) is 56.0 Å². The van der Waals surface area contributed by atoms with E-state index in [0.29, 0.717) is 6.04 Å². The predicted molar refractivity (Wildman–Crippen MR) is 83.5 cm³/mol. The van der Waals surface area contributed by atoms with E-state index in [2.05, 4.69) is 55.3 Å². The first-order valence-corrected chi connectivity index (χ1v) is 7.79. The van der Waals surface area contributed by atoms with Gasteiger partial charge in [0.05, 0.1) is 0 Å². The molecule has 0 aliphatic heterocycles. The molecular formula is C17H28N2. The van der Waals surface area contributed by atoms with Gasteiger partial charge in [0.25, 0.3) is 0 Å². The van der Waals surface area contributed by atoms with Crippen molar-refractivity contribution < 1.29 is 0 Å². The van der Waals surface area contributed by atoms with Crippen LogP contribution in [0.15, 0.2) is 24.3 Å². The summed E-state index contributed by atoms with van der Waals surface area (Å²) in [6, 6.07) is 9.62. The Balaban J connectivity index is 1.94. The van der Waals surface area contributed by atoms with Gasteiger partial charge in [-0.1, -0.05) is 32.9 Å². The molecule has 0 heterocycles. The maximum Gasteiger partial charge on any atom is 0.0345 e. The fourth-order valence-corrected chi connectivity index (χ4v) is 3.04. The molecule has 2 nitrogen and oxygen atoms in total. The minimum absolute atomic E-state index is 0.679. The van der Waals surface area contributed by atoms with Gasteiger partial charge in [-0.2, -0.15) is 0 Å². The van der Waals surface area contributed by atoms with E-state index >= 15 is 0 Å². The zero-order valence-corrected chi connectivity index (χ0v) is 12.7. The molecule has 19 heavy (non-hydrogen) atoms. The Kier molecular flexibility index (Phi) is 5.26. The summed E-state index contributed by atoms with van der Waals surface area (Å²) in [6.07, 6.45) is 4.01. The van der Waals surface area contributed by atoms with E-state index in [-0.39, 0.29) is 0 Å². The normalized spacial score (nSPS) is 22.9. The minimum Gasteiger partial charge on any atom is -0.382 e. The molecule has 1 aromatic carbocycles. The summed E-state index contributed by atoms with van der Waals surface area (Å²) in [4.78, 5) is 2.46. The van der Waals surface area contributed by atoms with Gasteiger partial charge >= 0.3 is 0 Å². The molecule has 0 saturated heterocycles. The molecule has 1 aliphatic rings. The average molecular weight is 260 g/mol. The summed E-state index contributed by atoms with van der Waals surface area (Å²) in [6.45, 7) is 10.1. The molecule has 2 heteroatoms. The molecule has 0 spiro atoms. The second-order valence-corrected chi connectivity index (χ2v) is 5.92. The third-order valence-electron chi connectivity index (χ3n) is 4.29. The van der Waals surface area contributed by atoms with Crippen LogP contribution in [0, 0.1) is 5.92 Å². The van der Waals surface area contributed by atoms with E-state index in [9.17, 15) is 0 Å². The monoisotopic (exact) mass is 260 g/mol. The van der Waals surface area contributed by atoms with Crippen LogP contribution in [-0.2, 0) is 6.54 Å².